The van der Waals surface area contributed by atoms with E-state index in [9.17, 15) is 4.89 Å². The fourth-order valence-electron chi connectivity index (χ4n) is 3.34. The molecule has 0 aliphatic rings. The van der Waals surface area contributed by atoms with Crippen molar-refractivity contribution in [3.05, 3.63) is 35.9 Å². The molecule has 0 fully saturated rings. The van der Waals surface area contributed by atoms with Crippen molar-refractivity contribution < 1.29 is 4.89 Å². The van der Waals surface area contributed by atoms with Gasteiger partial charge in [0.05, 0.1) is 0 Å². The van der Waals surface area contributed by atoms with Crippen LogP contribution in [0.4, 0.5) is 0 Å². The van der Waals surface area contributed by atoms with Crippen LogP contribution in [0.15, 0.2) is 30.3 Å². The SMILES string of the molecule is CCCCCCCCCCCCP(C)(C)(O)Cc1ccccc1. The molecular formula is C21H39OP. The van der Waals surface area contributed by atoms with Crippen molar-refractivity contribution in [2.45, 2.75) is 77.3 Å². The van der Waals surface area contributed by atoms with Gasteiger partial charge in [-0.3, -0.25) is 0 Å². The first-order valence-electron chi connectivity index (χ1n) is 9.70. The Hall–Kier alpha value is -0.390. The van der Waals surface area contributed by atoms with Crippen molar-refractivity contribution in [3.63, 3.8) is 0 Å². The summed E-state index contributed by atoms with van der Waals surface area (Å²) in [5.74, 6) is 0. The molecule has 1 aromatic rings. The molecule has 2 heteroatoms. The standard InChI is InChI=1S/C21H39OP/c1-4-5-6-7-8-9-10-11-12-16-19-23(2,3,22)20-21-17-14-13-15-18-21/h13-15,17-18,22H,4-12,16,19-20H2,1-3H3. The molecule has 1 N–H and O–H groups in total. The first kappa shape index (κ1) is 20.7. The summed E-state index contributed by atoms with van der Waals surface area (Å²) in [5, 5.41) is 0. The molecule has 0 heterocycles. The second kappa shape index (κ2) is 10.5. The van der Waals surface area contributed by atoms with Crippen molar-refractivity contribution in [2.24, 2.45) is 0 Å². The van der Waals surface area contributed by atoms with Gasteiger partial charge in [0.25, 0.3) is 0 Å². The number of rotatable bonds is 13. The molecule has 0 radical (unpaired) electrons. The maximum atomic E-state index is 11.1. The van der Waals surface area contributed by atoms with E-state index in [-0.39, 0.29) is 0 Å². The molecule has 0 aliphatic carbocycles. The molecular weight excluding hydrogens is 299 g/mol. The molecule has 0 unspecified atom stereocenters. The topological polar surface area (TPSA) is 20.2 Å². The van der Waals surface area contributed by atoms with E-state index in [1.54, 1.807) is 0 Å². The van der Waals surface area contributed by atoms with Crippen molar-refractivity contribution in [3.8, 4) is 0 Å². The van der Waals surface area contributed by atoms with Gasteiger partial charge in [0, 0.05) is 0 Å². The predicted molar refractivity (Wildman–Crippen MR) is 108 cm³/mol. The van der Waals surface area contributed by atoms with Gasteiger partial charge in [-0.25, -0.2) is 0 Å². The summed E-state index contributed by atoms with van der Waals surface area (Å²) < 4.78 is 0. The van der Waals surface area contributed by atoms with Crippen LogP contribution in [0.2, 0.25) is 0 Å². The third-order valence-corrected chi connectivity index (χ3v) is 7.83. The Bertz CT molecular complexity index is 405. The first-order valence-corrected chi connectivity index (χ1v) is 13.2. The van der Waals surface area contributed by atoms with E-state index in [1.807, 2.05) is 6.07 Å². The van der Waals surface area contributed by atoms with Crippen molar-refractivity contribution >= 4 is 6.83 Å². The summed E-state index contributed by atoms with van der Waals surface area (Å²) in [7, 11) is 0. The molecule has 0 spiro atoms. The molecule has 0 saturated heterocycles. The van der Waals surface area contributed by atoms with Gasteiger partial charge < -0.3 is 0 Å². The zero-order chi connectivity index (χ0) is 17.0. The minimum absolute atomic E-state index is 0.865. The summed E-state index contributed by atoms with van der Waals surface area (Å²) in [6.45, 7) is 4.03. The molecule has 0 aliphatic heterocycles. The van der Waals surface area contributed by atoms with Crippen LogP contribution in [0.1, 0.15) is 76.7 Å². The van der Waals surface area contributed by atoms with Gasteiger partial charge >= 0.3 is 144 Å². The second-order valence-electron chi connectivity index (χ2n) is 8.17. The predicted octanol–water partition coefficient (Wildman–Crippen LogP) is 6.83. The Morgan fingerprint density at radius 1 is 0.739 bits per heavy atom. The zero-order valence-electron chi connectivity index (χ0n) is 15.8. The molecule has 0 bridgehead atoms. The molecule has 1 aromatic carbocycles. The van der Waals surface area contributed by atoms with E-state index in [0.717, 1.165) is 12.3 Å². The van der Waals surface area contributed by atoms with Crippen LogP contribution >= 0.6 is 6.83 Å². The van der Waals surface area contributed by atoms with E-state index in [2.05, 4.69) is 44.5 Å². The molecule has 0 aromatic heterocycles. The first-order chi connectivity index (χ1) is 10.9. The third-order valence-electron chi connectivity index (χ3n) is 4.74. The van der Waals surface area contributed by atoms with Crippen LogP contribution in [-0.4, -0.2) is 24.4 Å². The van der Waals surface area contributed by atoms with Crippen molar-refractivity contribution in [1.29, 1.82) is 0 Å². The Balaban J connectivity index is 2.11. The Morgan fingerprint density at radius 3 is 1.74 bits per heavy atom. The summed E-state index contributed by atoms with van der Waals surface area (Å²) >= 11 is 0. The molecule has 1 nitrogen and oxygen atoms in total. The normalized spacial score (nSPS) is 13.7. The molecule has 23 heavy (non-hydrogen) atoms. The van der Waals surface area contributed by atoms with E-state index in [4.69, 9.17) is 0 Å². The van der Waals surface area contributed by atoms with Gasteiger partial charge in [0.1, 0.15) is 0 Å². The number of hydrogen-bond acceptors (Lipinski definition) is 1. The molecule has 0 amide bonds. The molecule has 0 atom stereocenters. The van der Waals surface area contributed by atoms with Gasteiger partial charge in [-0.05, 0) is 0 Å². The average molecular weight is 339 g/mol. The minimum atomic E-state index is -2.51. The monoisotopic (exact) mass is 338 g/mol. The summed E-state index contributed by atoms with van der Waals surface area (Å²) in [6.07, 6.45) is 15.4. The summed E-state index contributed by atoms with van der Waals surface area (Å²) in [5.41, 5.74) is 1.28. The quantitative estimate of drug-likeness (QED) is 0.309. The van der Waals surface area contributed by atoms with Gasteiger partial charge in [-0.1, -0.05) is 0 Å². The van der Waals surface area contributed by atoms with Crippen LogP contribution < -0.4 is 0 Å². The third kappa shape index (κ3) is 10.9. The van der Waals surface area contributed by atoms with Crippen LogP contribution in [0.3, 0.4) is 0 Å². The molecule has 1 rings (SSSR count). The van der Waals surface area contributed by atoms with E-state index >= 15 is 0 Å². The fourth-order valence-corrected chi connectivity index (χ4v) is 6.08. The summed E-state index contributed by atoms with van der Waals surface area (Å²) in [4.78, 5) is 11.1. The molecule has 134 valence electrons. The zero-order valence-corrected chi connectivity index (χ0v) is 16.7. The maximum absolute atomic E-state index is 11.1. The van der Waals surface area contributed by atoms with Crippen molar-refractivity contribution in [2.75, 3.05) is 19.5 Å². The average Bonchev–Trinajstić information content (AvgIpc) is 2.49. The van der Waals surface area contributed by atoms with Crippen molar-refractivity contribution in [1.82, 2.24) is 0 Å². The molecule has 0 saturated carbocycles. The van der Waals surface area contributed by atoms with Gasteiger partial charge in [0.15, 0.2) is 0 Å². The Kier molecular flexibility index (Phi) is 9.40. The summed E-state index contributed by atoms with van der Waals surface area (Å²) in [6, 6.07) is 10.5. The van der Waals surface area contributed by atoms with Gasteiger partial charge in [0.2, 0.25) is 0 Å². The van der Waals surface area contributed by atoms with E-state index < -0.39 is 6.83 Å². The van der Waals surface area contributed by atoms with Gasteiger partial charge in [-0.2, -0.15) is 0 Å². The van der Waals surface area contributed by atoms with Crippen LogP contribution in [0.5, 0.6) is 0 Å². The Morgan fingerprint density at radius 2 is 1.22 bits per heavy atom. The van der Waals surface area contributed by atoms with Crippen LogP contribution in [0.25, 0.3) is 0 Å². The van der Waals surface area contributed by atoms with Crippen LogP contribution in [0, 0.1) is 0 Å². The fraction of sp³-hybridized carbons (Fsp3) is 0.714. The van der Waals surface area contributed by atoms with E-state index in [1.165, 1.54) is 69.8 Å². The van der Waals surface area contributed by atoms with E-state index in [0.29, 0.717) is 0 Å². The number of unbranched alkanes of at least 4 members (excludes halogenated alkanes) is 9. The van der Waals surface area contributed by atoms with Crippen LogP contribution in [-0.2, 0) is 6.16 Å². The second-order valence-corrected chi connectivity index (χ2v) is 14.2. The number of hydrogen-bond donors (Lipinski definition) is 1. The van der Waals surface area contributed by atoms with Gasteiger partial charge in [-0.15, -0.1) is 0 Å². The number of benzene rings is 1. The Labute approximate surface area is 144 Å².